The largest absolute Gasteiger partial charge is 0.481 e. The van der Waals surface area contributed by atoms with Gasteiger partial charge in [0.1, 0.15) is 11.5 Å². The van der Waals surface area contributed by atoms with Crippen LogP contribution >= 0.6 is 11.8 Å². The Bertz CT molecular complexity index is 668. The molecule has 1 aromatic heterocycles. The quantitative estimate of drug-likeness (QED) is 0.733. The normalized spacial score (nSPS) is 12.0. The maximum Gasteiger partial charge on any atom is 0.260 e. The highest BCUT2D eigenvalue weighted by atomic mass is 32.2. The van der Waals surface area contributed by atoms with E-state index in [1.807, 2.05) is 32.0 Å². The summed E-state index contributed by atoms with van der Waals surface area (Å²) in [5.41, 5.74) is 3.39. The van der Waals surface area contributed by atoms with E-state index in [4.69, 9.17) is 9.15 Å². The van der Waals surface area contributed by atoms with Crippen molar-refractivity contribution < 1.29 is 13.9 Å². The number of carbonyl (C=O) groups is 1. The van der Waals surface area contributed by atoms with E-state index in [-0.39, 0.29) is 5.91 Å². The minimum atomic E-state index is -0.514. The van der Waals surface area contributed by atoms with Crippen LogP contribution in [0.15, 0.2) is 34.9 Å². The summed E-state index contributed by atoms with van der Waals surface area (Å²) in [6.45, 7) is 8.49. The summed E-state index contributed by atoms with van der Waals surface area (Å²) in [5, 5.41) is 2.92. The predicted octanol–water partition coefficient (Wildman–Crippen LogP) is 4.02. The summed E-state index contributed by atoms with van der Waals surface area (Å²) >= 11 is 1.73. The average molecular weight is 347 g/mol. The molecule has 1 N–H and O–H groups in total. The second kappa shape index (κ2) is 8.83. The minimum Gasteiger partial charge on any atom is -0.481 e. The molecule has 130 valence electrons. The average Bonchev–Trinajstić information content (AvgIpc) is 3.04. The monoisotopic (exact) mass is 347 g/mol. The molecule has 4 nitrogen and oxygen atoms in total. The summed E-state index contributed by atoms with van der Waals surface area (Å²) in [6.07, 6.45) is 1.16. The Morgan fingerprint density at radius 1 is 1.33 bits per heavy atom. The number of nitrogens with one attached hydrogen (secondary N) is 1. The molecule has 0 aliphatic carbocycles. The van der Waals surface area contributed by atoms with Crippen LogP contribution in [-0.2, 0) is 10.5 Å². The Morgan fingerprint density at radius 2 is 2.12 bits per heavy atom. The van der Waals surface area contributed by atoms with E-state index < -0.39 is 6.10 Å². The lowest BCUT2D eigenvalue weighted by molar-refractivity contribution is -0.127. The van der Waals surface area contributed by atoms with Gasteiger partial charge in [0.25, 0.3) is 5.91 Å². The second-order valence-electron chi connectivity index (χ2n) is 5.89. The second-order valence-corrected chi connectivity index (χ2v) is 6.99. The molecule has 0 saturated carbocycles. The maximum atomic E-state index is 12.2. The number of rotatable bonds is 8. The molecule has 24 heavy (non-hydrogen) atoms. The van der Waals surface area contributed by atoms with E-state index in [0.717, 1.165) is 34.1 Å². The standard InChI is InChI=1S/C19H25NO3S/c1-13-10-14(2)15(3)18(11-13)23-16(4)19(21)20-7-9-24-12-17-6-5-8-22-17/h5-6,8,10-11,16H,7,9,12H2,1-4H3,(H,20,21). The fourth-order valence-corrected chi connectivity index (χ4v) is 3.08. The first-order valence-corrected chi connectivity index (χ1v) is 9.25. The van der Waals surface area contributed by atoms with Crippen molar-refractivity contribution in [2.75, 3.05) is 12.3 Å². The number of benzene rings is 1. The lowest BCUT2D eigenvalue weighted by Gasteiger charge is -2.18. The van der Waals surface area contributed by atoms with Gasteiger partial charge < -0.3 is 14.5 Å². The van der Waals surface area contributed by atoms with Crippen molar-refractivity contribution in [1.29, 1.82) is 0 Å². The molecule has 1 amide bonds. The number of hydrogen-bond donors (Lipinski definition) is 1. The first kappa shape index (κ1) is 18.5. The summed E-state index contributed by atoms with van der Waals surface area (Å²) in [6, 6.07) is 7.92. The number of aryl methyl sites for hydroxylation is 2. The van der Waals surface area contributed by atoms with Crippen LogP contribution < -0.4 is 10.1 Å². The third kappa shape index (κ3) is 5.34. The Balaban J connectivity index is 1.74. The summed E-state index contributed by atoms with van der Waals surface area (Å²) in [7, 11) is 0. The van der Waals surface area contributed by atoms with Crippen molar-refractivity contribution in [2.45, 2.75) is 39.6 Å². The number of furan rings is 1. The summed E-state index contributed by atoms with van der Waals surface area (Å²) < 4.78 is 11.1. The molecule has 1 atom stereocenters. The van der Waals surface area contributed by atoms with Crippen LogP contribution in [0.3, 0.4) is 0 Å². The third-order valence-electron chi connectivity index (χ3n) is 3.81. The number of amides is 1. The van der Waals surface area contributed by atoms with E-state index >= 15 is 0 Å². The maximum absolute atomic E-state index is 12.2. The first-order valence-electron chi connectivity index (χ1n) is 8.09. The highest BCUT2D eigenvalue weighted by Crippen LogP contribution is 2.24. The Kier molecular flexibility index (Phi) is 6.79. The molecule has 0 aliphatic rings. The van der Waals surface area contributed by atoms with Crippen LogP contribution in [0, 0.1) is 20.8 Å². The number of thioether (sulfide) groups is 1. The summed E-state index contributed by atoms with van der Waals surface area (Å²) in [5.74, 6) is 3.29. The van der Waals surface area contributed by atoms with Crippen LogP contribution in [0.2, 0.25) is 0 Å². The van der Waals surface area contributed by atoms with Crippen molar-refractivity contribution in [3.63, 3.8) is 0 Å². The molecule has 0 radical (unpaired) electrons. The van der Waals surface area contributed by atoms with Crippen molar-refractivity contribution in [3.05, 3.63) is 53.0 Å². The lowest BCUT2D eigenvalue weighted by Crippen LogP contribution is -2.37. The highest BCUT2D eigenvalue weighted by Gasteiger charge is 2.16. The van der Waals surface area contributed by atoms with E-state index in [2.05, 4.69) is 18.3 Å². The van der Waals surface area contributed by atoms with Gasteiger partial charge in [0.15, 0.2) is 6.10 Å². The fraction of sp³-hybridized carbons (Fsp3) is 0.421. The van der Waals surface area contributed by atoms with Gasteiger partial charge in [-0.25, -0.2) is 0 Å². The molecule has 0 bridgehead atoms. The van der Waals surface area contributed by atoms with Crippen molar-refractivity contribution >= 4 is 17.7 Å². The zero-order valence-corrected chi connectivity index (χ0v) is 15.5. The zero-order chi connectivity index (χ0) is 17.5. The third-order valence-corrected chi connectivity index (χ3v) is 4.79. The smallest absolute Gasteiger partial charge is 0.260 e. The van der Waals surface area contributed by atoms with Crippen LogP contribution in [0.4, 0.5) is 0 Å². The van der Waals surface area contributed by atoms with Crippen molar-refractivity contribution in [1.82, 2.24) is 5.32 Å². The van der Waals surface area contributed by atoms with Crippen LogP contribution in [0.5, 0.6) is 5.75 Å². The molecule has 0 fully saturated rings. The van der Waals surface area contributed by atoms with Crippen LogP contribution in [0.1, 0.15) is 29.4 Å². The van der Waals surface area contributed by atoms with Crippen LogP contribution in [-0.4, -0.2) is 24.3 Å². The lowest BCUT2D eigenvalue weighted by atomic mass is 10.1. The summed E-state index contributed by atoms with van der Waals surface area (Å²) in [4.78, 5) is 12.2. The molecular weight excluding hydrogens is 322 g/mol. The van der Waals surface area contributed by atoms with E-state index in [9.17, 15) is 4.79 Å². The van der Waals surface area contributed by atoms with Gasteiger partial charge in [0.2, 0.25) is 0 Å². The van der Waals surface area contributed by atoms with Gasteiger partial charge in [-0.2, -0.15) is 11.8 Å². The van der Waals surface area contributed by atoms with Gasteiger partial charge >= 0.3 is 0 Å². The molecular formula is C19H25NO3S. The number of ether oxygens (including phenoxy) is 1. The van der Waals surface area contributed by atoms with Gasteiger partial charge in [0.05, 0.1) is 12.0 Å². The zero-order valence-electron chi connectivity index (χ0n) is 14.7. The Morgan fingerprint density at radius 3 is 2.83 bits per heavy atom. The van der Waals surface area contributed by atoms with Gasteiger partial charge in [-0.3, -0.25) is 4.79 Å². The Labute approximate surface area is 148 Å². The molecule has 0 spiro atoms. The first-order chi connectivity index (χ1) is 11.5. The molecule has 0 saturated heterocycles. The number of carbonyl (C=O) groups excluding carboxylic acids is 1. The molecule has 2 aromatic rings. The van der Waals surface area contributed by atoms with E-state index in [0.29, 0.717) is 6.54 Å². The van der Waals surface area contributed by atoms with Crippen molar-refractivity contribution in [2.24, 2.45) is 0 Å². The van der Waals surface area contributed by atoms with Crippen molar-refractivity contribution in [3.8, 4) is 5.75 Å². The van der Waals surface area contributed by atoms with Gasteiger partial charge in [0, 0.05) is 12.3 Å². The SMILES string of the molecule is Cc1cc(C)c(C)c(OC(C)C(=O)NCCSCc2ccco2)c1. The predicted molar refractivity (Wildman–Crippen MR) is 98.6 cm³/mol. The number of hydrogen-bond acceptors (Lipinski definition) is 4. The van der Waals surface area contributed by atoms with Crippen LogP contribution in [0.25, 0.3) is 0 Å². The topological polar surface area (TPSA) is 51.5 Å². The van der Waals surface area contributed by atoms with E-state index in [1.54, 1.807) is 24.9 Å². The van der Waals surface area contributed by atoms with Gasteiger partial charge in [-0.15, -0.1) is 0 Å². The molecule has 2 rings (SSSR count). The minimum absolute atomic E-state index is 0.0906. The Hall–Kier alpha value is -1.88. The fourth-order valence-electron chi connectivity index (χ4n) is 2.32. The van der Waals surface area contributed by atoms with Gasteiger partial charge in [-0.05, 0) is 62.6 Å². The highest BCUT2D eigenvalue weighted by molar-refractivity contribution is 7.98. The molecule has 5 heteroatoms. The van der Waals surface area contributed by atoms with Gasteiger partial charge in [-0.1, -0.05) is 6.07 Å². The van der Waals surface area contributed by atoms with E-state index in [1.165, 1.54) is 5.56 Å². The molecule has 1 unspecified atom stereocenters. The molecule has 0 aliphatic heterocycles. The molecule has 1 heterocycles. The molecule has 1 aromatic carbocycles.